The lowest BCUT2D eigenvalue weighted by molar-refractivity contribution is 0.145. The van der Waals surface area contributed by atoms with Crippen molar-refractivity contribution in [2.45, 2.75) is 18.0 Å². The van der Waals surface area contributed by atoms with E-state index in [1.54, 1.807) is 0 Å². The van der Waals surface area contributed by atoms with Crippen molar-refractivity contribution in [2.24, 2.45) is 10.9 Å². The summed E-state index contributed by atoms with van der Waals surface area (Å²) in [6.45, 7) is -0.137. The predicted molar refractivity (Wildman–Crippen MR) is 48.5 cm³/mol. The molecule has 0 radical (unpaired) electrons. The molecule has 1 aromatic heterocycles. The van der Waals surface area contributed by atoms with Crippen LogP contribution in [0.5, 0.6) is 0 Å². The third-order valence-electron chi connectivity index (χ3n) is 1.67. The molecule has 0 aliphatic rings. The van der Waals surface area contributed by atoms with Crippen molar-refractivity contribution < 1.29 is 17.2 Å². The summed E-state index contributed by atoms with van der Waals surface area (Å²) in [5.41, 5.74) is 4.70. The van der Waals surface area contributed by atoms with Crippen molar-refractivity contribution >= 4 is 10.0 Å². The summed E-state index contributed by atoms with van der Waals surface area (Å²) in [6.07, 6.45) is -2.85. The molecule has 15 heavy (non-hydrogen) atoms. The molecule has 0 bridgehead atoms. The van der Waals surface area contributed by atoms with Crippen LogP contribution in [0.25, 0.3) is 0 Å². The molecule has 0 saturated carbocycles. The number of hydrogen-bond acceptors (Lipinski definition) is 4. The van der Waals surface area contributed by atoms with Gasteiger partial charge in [0.2, 0.25) is 0 Å². The van der Waals surface area contributed by atoms with E-state index in [1.165, 1.54) is 6.07 Å². The molecule has 84 valence electrons. The summed E-state index contributed by atoms with van der Waals surface area (Å²) in [4.78, 5) is 3.27. The van der Waals surface area contributed by atoms with Crippen molar-refractivity contribution in [3.8, 4) is 0 Å². The molecule has 1 aromatic rings. The van der Waals surface area contributed by atoms with E-state index in [0.717, 1.165) is 6.07 Å². The summed E-state index contributed by atoms with van der Waals surface area (Å²) in [5.74, 6) is 0. The summed E-state index contributed by atoms with van der Waals surface area (Å²) in [5, 5.41) is 4.22. The first-order valence-electron chi connectivity index (χ1n) is 3.87. The highest BCUT2D eigenvalue weighted by molar-refractivity contribution is 7.89. The van der Waals surface area contributed by atoms with Crippen LogP contribution in [0.4, 0.5) is 8.78 Å². The minimum absolute atomic E-state index is 0.113. The maximum Gasteiger partial charge on any atom is 0.280 e. The van der Waals surface area contributed by atoms with E-state index in [-0.39, 0.29) is 12.1 Å². The second-order valence-electron chi connectivity index (χ2n) is 2.75. The Bertz CT molecular complexity index is 461. The van der Waals surface area contributed by atoms with E-state index < -0.39 is 27.2 Å². The van der Waals surface area contributed by atoms with Gasteiger partial charge in [0.1, 0.15) is 5.69 Å². The average Bonchev–Trinajstić information content (AvgIpc) is 2.15. The fourth-order valence-corrected chi connectivity index (χ4v) is 1.76. The second kappa shape index (κ2) is 4.17. The highest BCUT2D eigenvalue weighted by Crippen LogP contribution is 2.20. The molecule has 1 rings (SSSR count). The van der Waals surface area contributed by atoms with Gasteiger partial charge in [0.05, 0.1) is 0 Å². The quantitative estimate of drug-likeness (QED) is 0.780. The maximum atomic E-state index is 12.2. The van der Waals surface area contributed by atoms with Gasteiger partial charge in [0.15, 0.2) is 5.03 Å². The van der Waals surface area contributed by atoms with Crippen LogP contribution in [0.1, 0.15) is 17.7 Å². The maximum absolute atomic E-state index is 12.2. The first kappa shape index (κ1) is 12.0. The van der Waals surface area contributed by atoms with Crippen molar-refractivity contribution in [3.63, 3.8) is 0 Å². The molecule has 0 spiro atoms. The van der Waals surface area contributed by atoms with Gasteiger partial charge in [-0.3, -0.25) is 0 Å². The topological polar surface area (TPSA) is 99.1 Å². The standard InChI is InChI=1S/C7H9F2N3O2S/c8-6(9)5-2-1-4(3-10)7(12-5)15(11,13)14/h1-2,6H,3,10H2,(H2,11,13,14). The van der Waals surface area contributed by atoms with E-state index in [1.807, 2.05) is 0 Å². The average molecular weight is 237 g/mol. The third-order valence-corrected chi connectivity index (χ3v) is 2.57. The molecule has 0 aliphatic carbocycles. The van der Waals surface area contributed by atoms with Crippen LogP contribution in [0, 0.1) is 0 Å². The molecule has 0 saturated heterocycles. The van der Waals surface area contributed by atoms with Crippen LogP contribution in [-0.4, -0.2) is 13.4 Å². The molecule has 0 aliphatic heterocycles. The van der Waals surface area contributed by atoms with Gasteiger partial charge >= 0.3 is 0 Å². The Morgan fingerprint density at radius 1 is 1.40 bits per heavy atom. The van der Waals surface area contributed by atoms with E-state index in [0.29, 0.717) is 0 Å². The number of pyridine rings is 1. The zero-order valence-corrected chi connectivity index (χ0v) is 8.34. The van der Waals surface area contributed by atoms with E-state index in [2.05, 4.69) is 4.98 Å². The smallest absolute Gasteiger partial charge is 0.280 e. The zero-order chi connectivity index (χ0) is 11.6. The summed E-state index contributed by atoms with van der Waals surface area (Å²) in [6, 6.07) is 2.19. The summed E-state index contributed by atoms with van der Waals surface area (Å²) in [7, 11) is -4.13. The number of nitrogens with two attached hydrogens (primary N) is 2. The van der Waals surface area contributed by atoms with Gasteiger partial charge in [-0.25, -0.2) is 27.3 Å². The molecule has 0 aromatic carbocycles. The minimum atomic E-state index is -4.13. The lowest BCUT2D eigenvalue weighted by Gasteiger charge is -2.06. The van der Waals surface area contributed by atoms with Crippen LogP contribution >= 0.6 is 0 Å². The largest absolute Gasteiger partial charge is 0.326 e. The summed E-state index contributed by atoms with van der Waals surface area (Å²) < 4.78 is 46.5. The fraction of sp³-hybridized carbons (Fsp3) is 0.286. The molecule has 0 atom stereocenters. The van der Waals surface area contributed by atoms with Gasteiger partial charge in [-0.05, 0) is 6.07 Å². The summed E-state index contributed by atoms with van der Waals surface area (Å²) >= 11 is 0. The second-order valence-corrected chi connectivity index (χ2v) is 4.23. The Balaban J connectivity index is 3.39. The van der Waals surface area contributed by atoms with Gasteiger partial charge in [-0.1, -0.05) is 6.07 Å². The number of alkyl halides is 2. The van der Waals surface area contributed by atoms with Crippen LogP contribution in [0.2, 0.25) is 0 Å². The number of aromatic nitrogens is 1. The van der Waals surface area contributed by atoms with E-state index in [9.17, 15) is 17.2 Å². The van der Waals surface area contributed by atoms with Crippen molar-refractivity contribution in [1.29, 1.82) is 0 Å². The number of hydrogen-bond donors (Lipinski definition) is 2. The zero-order valence-electron chi connectivity index (χ0n) is 7.52. The van der Waals surface area contributed by atoms with Gasteiger partial charge in [0.25, 0.3) is 16.4 Å². The lowest BCUT2D eigenvalue weighted by Crippen LogP contribution is -2.18. The molecule has 8 heteroatoms. The van der Waals surface area contributed by atoms with Crippen molar-refractivity contribution in [3.05, 3.63) is 23.4 Å². The lowest BCUT2D eigenvalue weighted by atomic mass is 10.2. The van der Waals surface area contributed by atoms with Crippen LogP contribution in [0.15, 0.2) is 17.2 Å². The van der Waals surface area contributed by atoms with Crippen molar-refractivity contribution in [2.75, 3.05) is 0 Å². The Morgan fingerprint density at radius 2 is 2.00 bits per heavy atom. The van der Waals surface area contributed by atoms with Crippen LogP contribution in [-0.2, 0) is 16.6 Å². The predicted octanol–water partition coefficient (Wildman–Crippen LogP) is 0.125. The van der Waals surface area contributed by atoms with Gasteiger partial charge in [-0.15, -0.1) is 0 Å². The van der Waals surface area contributed by atoms with Gasteiger partial charge in [0, 0.05) is 12.1 Å². The third kappa shape index (κ3) is 2.67. The molecule has 0 amide bonds. The Kier molecular flexibility index (Phi) is 3.32. The SMILES string of the molecule is NCc1ccc(C(F)F)nc1S(N)(=O)=O. The van der Waals surface area contributed by atoms with E-state index in [4.69, 9.17) is 10.9 Å². The van der Waals surface area contributed by atoms with Gasteiger partial charge in [-0.2, -0.15) is 0 Å². The van der Waals surface area contributed by atoms with Crippen molar-refractivity contribution in [1.82, 2.24) is 4.98 Å². The Labute approximate surface area is 85.2 Å². The van der Waals surface area contributed by atoms with Gasteiger partial charge < -0.3 is 5.73 Å². The fourth-order valence-electron chi connectivity index (χ4n) is 1.01. The minimum Gasteiger partial charge on any atom is -0.326 e. The Hall–Kier alpha value is -1.12. The number of sulfonamides is 1. The molecular weight excluding hydrogens is 228 g/mol. The normalized spacial score (nSPS) is 12.1. The molecule has 0 unspecified atom stereocenters. The van der Waals surface area contributed by atoms with Crippen LogP contribution < -0.4 is 10.9 Å². The Morgan fingerprint density at radius 3 is 2.40 bits per heavy atom. The highest BCUT2D eigenvalue weighted by atomic mass is 32.2. The molecular formula is C7H9F2N3O2S. The number of rotatable bonds is 3. The molecule has 0 fully saturated rings. The molecule has 4 N–H and O–H groups in total. The highest BCUT2D eigenvalue weighted by Gasteiger charge is 2.18. The molecule has 1 heterocycles. The monoisotopic (exact) mass is 237 g/mol. The van der Waals surface area contributed by atoms with E-state index >= 15 is 0 Å². The first-order chi connectivity index (χ1) is 6.86. The number of nitrogens with zero attached hydrogens (tertiary/aromatic N) is 1. The first-order valence-corrected chi connectivity index (χ1v) is 5.41. The molecule has 5 nitrogen and oxygen atoms in total. The van der Waals surface area contributed by atoms with Crippen LogP contribution in [0.3, 0.4) is 0 Å². The number of primary sulfonamides is 1. The number of halogens is 2.